The highest BCUT2D eigenvalue weighted by Crippen LogP contribution is 2.35. The number of benzene rings is 2. The second kappa shape index (κ2) is 6.85. The van der Waals surface area contributed by atoms with Crippen LogP contribution in [0.2, 0.25) is 0 Å². The summed E-state index contributed by atoms with van der Waals surface area (Å²) in [5.41, 5.74) is 1.35. The first kappa shape index (κ1) is 15.7. The summed E-state index contributed by atoms with van der Waals surface area (Å²) in [6, 6.07) is 10.3. The Bertz CT molecular complexity index is 661. The molecule has 0 saturated heterocycles. The number of carbonyl (C=O) groups is 1. The van der Waals surface area contributed by atoms with Crippen LogP contribution in [0.1, 0.15) is 15.9 Å². The minimum atomic E-state index is -0.526. The molecule has 0 aliphatic carbocycles. The van der Waals surface area contributed by atoms with Crippen molar-refractivity contribution in [2.45, 2.75) is 6.92 Å². The van der Waals surface area contributed by atoms with E-state index in [4.69, 9.17) is 18.9 Å². The maximum atomic E-state index is 12.3. The van der Waals surface area contributed by atoms with Crippen molar-refractivity contribution in [3.8, 4) is 23.0 Å². The Morgan fingerprint density at radius 1 is 0.818 bits per heavy atom. The van der Waals surface area contributed by atoms with Crippen LogP contribution in [0.25, 0.3) is 0 Å². The molecule has 5 heteroatoms. The maximum absolute atomic E-state index is 12.3. The lowest BCUT2D eigenvalue weighted by molar-refractivity contribution is 0.0730. The zero-order chi connectivity index (χ0) is 16.1. The maximum Gasteiger partial charge on any atom is 0.347 e. The molecule has 0 N–H and O–H groups in total. The molecule has 0 heterocycles. The van der Waals surface area contributed by atoms with E-state index >= 15 is 0 Å². The molecule has 2 aromatic rings. The van der Waals surface area contributed by atoms with Gasteiger partial charge in [0, 0.05) is 12.1 Å². The van der Waals surface area contributed by atoms with Crippen LogP contribution < -0.4 is 18.9 Å². The first-order valence-electron chi connectivity index (χ1n) is 6.68. The third kappa shape index (κ3) is 3.31. The smallest absolute Gasteiger partial charge is 0.347 e. The first-order chi connectivity index (χ1) is 10.6. The summed E-state index contributed by atoms with van der Waals surface area (Å²) in [5.74, 6) is 1.20. The van der Waals surface area contributed by atoms with E-state index < -0.39 is 5.97 Å². The van der Waals surface area contributed by atoms with Crippen LogP contribution >= 0.6 is 0 Å². The van der Waals surface area contributed by atoms with Gasteiger partial charge in [-0.25, -0.2) is 4.79 Å². The van der Waals surface area contributed by atoms with E-state index in [0.717, 1.165) is 5.56 Å². The molecular weight excluding hydrogens is 284 g/mol. The number of aryl methyl sites for hydroxylation is 1. The first-order valence-corrected chi connectivity index (χ1v) is 6.68. The van der Waals surface area contributed by atoms with Crippen molar-refractivity contribution in [1.29, 1.82) is 0 Å². The summed E-state index contributed by atoms with van der Waals surface area (Å²) in [7, 11) is 4.49. The van der Waals surface area contributed by atoms with Crippen LogP contribution in [-0.2, 0) is 0 Å². The average Bonchev–Trinajstić information content (AvgIpc) is 2.55. The fourth-order valence-electron chi connectivity index (χ4n) is 1.96. The Morgan fingerprint density at radius 3 is 1.91 bits per heavy atom. The van der Waals surface area contributed by atoms with Crippen molar-refractivity contribution in [2.75, 3.05) is 21.3 Å². The molecule has 0 spiro atoms. The van der Waals surface area contributed by atoms with Gasteiger partial charge in [0.15, 0.2) is 11.5 Å². The number of esters is 1. The minimum Gasteiger partial charge on any atom is -0.496 e. The van der Waals surface area contributed by atoms with Gasteiger partial charge in [-0.2, -0.15) is 0 Å². The van der Waals surface area contributed by atoms with Gasteiger partial charge >= 0.3 is 5.97 Å². The highest BCUT2D eigenvalue weighted by atomic mass is 16.5. The van der Waals surface area contributed by atoms with Crippen molar-refractivity contribution in [3.63, 3.8) is 0 Å². The number of ether oxygens (including phenoxy) is 4. The molecule has 0 fully saturated rings. The van der Waals surface area contributed by atoms with Crippen molar-refractivity contribution >= 4 is 5.97 Å². The van der Waals surface area contributed by atoms with Gasteiger partial charge < -0.3 is 18.9 Å². The lowest BCUT2D eigenvalue weighted by Gasteiger charge is -2.13. The Kier molecular flexibility index (Phi) is 4.88. The number of methoxy groups -OCH3 is 3. The zero-order valence-electron chi connectivity index (χ0n) is 13.0. The highest BCUT2D eigenvalue weighted by molar-refractivity contribution is 5.95. The van der Waals surface area contributed by atoms with Gasteiger partial charge in [0.05, 0.1) is 21.3 Å². The molecule has 22 heavy (non-hydrogen) atoms. The minimum absolute atomic E-state index is 0.265. The van der Waals surface area contributed by atoms with Crippen molar-refractivity contribution in [2.24, 2.45) is 0 Å². The molecule has 0 amide bonds. The standard InChI is InChI=1S/C17H18O5/c1-11-5-7-12(8-6-11)22-17(18)13-9-15(20-3)16(21-4)10-14(13)19-2/h5-10H,1-4H3. The van der Waals surface area contributed by atoms with Gasteiger partial charge in [0.2, 0.25) is 0 Å². The molecule has 2 rings (SSSR count). The van der Waals surface area contributed by atoms with Crippen LogP contribution in [0.3, 0.4) is 0 Å². The molecule has 0 aliphatic heterocycles. The molecule has 0 atom stereocenters. The van der Waals surface area contributed by atoms with E-state index in [1.165, 1.54) is 27.4 Å². The zero-order valence-corrected chi connectivity index (χ0v) is 13.0. The summed E-state index contributed by atoms with van der Waals surface area (Å²) in [4.78, 5) is 12.3. The molecule has 0 aromatic heterocycles. The Balaban J connectivity index is 2.33. The fourth-order valence-corrected chi connectivity index (χ4v) is 1.96. The molecule has 0 bridgehead atoms. The molecule has 0 unspecified atom stereocenters. The van der Waals surface area contributed by atoms with Gasteiger partial charge in [-0.05, 0) is 19.1 Å². The quantitative estimate of drug-likeness (QED) is 0.627. The molecular formula is C17H18O5. The largest absolute Gasteiger partial charge is 0.496 e. The highest BCUT2D eigenvalue weighted by Gasteiger charge is 2.19. The molecule has 0 aliphatic rings. The molecule has 116 valence electrons. The van der Waals surface area contributed by atoms with E-state index in [2.05, 4.69) is 0 Å². The summed E-state index contributed by atoms with van der Waals surface area (Å²) >= 11 is 0. The van der Waals surface area contributed by atoms with Gasteiger partial charge in [-0.1, -0.05) is 17.7 Å². The van der Waals surface area contributed by atoms with Crippen molar-refractivity contribution < 1.29 is 23.7 Å². The number of carbonyl (C=O) groups excluding carboxylic acids is 1. The number of hydrogen-bond donors (Lipinski definition) is 0. The molecule has 5 nitrogen and oxygen atoms in total. The Hall–Kier alpha value is -2.69. The molecule has 0 radical (unpaired) electrons. The Labute approximate surface area is 129 Å². The summed E-state index contributed by atoms with van der Waals surface area (Å²) in [6.07, 6.45) is 0. The summed E-state index contributed by atoms with van der Waals surface area (Å²) in [6.45, 7) is 1.96. The fraction of sp³-hybridized carbons (Fsp3) is 0.235. The van der Waals surface area contributed by atoms with E-state index in [-0.39, 0.29) is 5.56 Å². The van der Waals surface area contributed by atoms with Gasteiger partial charge in [-0.3, -0.25) is 0 Å². The van der Waals surface area contributed by atoms with Gasteiger partial charge in [0.25, 0.3) is 0 Å². The second-order valence-corrected chi connectivity index (χ2v) is 4.61. The van der Waals surface area contributed by atoms with Crippen LogP contribution in [0.15, 0.2) is 36.4 Å². The van der Waals surface area contributed by atoms with E-state index in [1.54, 1.807) is 18.2 Å². The van der Waals surface area contributed by atoms with Crippen LogP contribution in [0.4, 0.5) is 0 Å². The predicted molar refractivity (Wildman–Crippen MR) is 82.2 cm³/mol. The van der Waals surface area contributed by atoms with Crippen molar-refractivity contribution in [1.82, 2.24) is 0 Å². The van der Waals surface area contributed by atoms with Crippen molar-refractivity contribution in [3.05, 3.63) is 47.5 Å². The van der Waals surface area contributed by atoms with E-state index in [9.17, 15) is 4.79 Å². The van der Waals surface area contributed by atoms with E-state index in [0.29, 0.717) is 23.0 Å². The van der Waals surface area contributed by atoms with Gasteiger partial charge in [0.1, 0.15) is 17.1 Å². The SMILES string of the molecule is COc1cc(OC)c(C(=O)Oc2ccc(C)cc2)cc1OC. The predicted octanol–water partition coefficient (Wildman–Crippen LogP) is 3.24. The number of hydrogen-bond acceptors (Lipinski definition) is 5. The second-order valence-electron chi connectivity index (χ2n) is 4.61. The molecule has 0 saturated carbocycles. The van der Waals surface area contributed by atoms with Crippen LogP contribution in [0, 0.1) is 6.92 Å². The van der Waals surface area contributed by atoms with Crippen LogP contribution in [0.5, 0.6) is 23.0 Å². The topological polar surface area (TPSA) is 54.0 Å². The third-order valence-corrected chi connectivity index (χ3v) is 3.16. The average molecular weight is 302 g/mol. The van der Waals surface area contributed by atoms with E-state index in [1.807, 2.05) is 19.1 Å². The van der Waals surface area contributed by atoms with Gasteiger partial charge in [-0.15, -0.1) is 0 Å². The normalized spacial score (nSPS) is 10.0. The molecule has 2 aromatic carbocycles. The lowest BCUT2D eigenvalue weighted by Crippen LogP contribution is -2.11. The summed E-state index contributed by atoms with van der Waals surface area (Å²) in [5, 5.41) is 0. The summed E-state index contributed by atoms with van der Waals surface area (Å²) < 4.78 is 21.0. The van der Waals surface area contributed by atoms with Crippen LogP contribution in [-0.4, -0.2) is 27.3 Å². The monoisotopic (exact) mass is 302 g/mol. The third-order valence-electron chi connectivity index (χ3n) is 3.16. The Morgan fingerprint density at radius 2 is 1.36 bits per heavy atom. The lowest BCUT2D eigenvalue weighted by atomic mass is 10.1. The number of rotatable bonds is 5.